The number of hydrogen-bond acceptors (Lipinski definition) is 3. The van der Waals surface area contributed by atoms with Gasteiger partial charge in [-0.05, 0) is 37.3 Å². The standard InChI is InChI=1S/C22H33N3O2/c1-6-8-17(9-7-2)25-20-14-24(4)15(3)18(20)12-19(22(25)26)16-10-11-21(27-5)23-13-16/h10,13-14,17,19,21H,6-9,11-12H2,1-5H3. The number of aryl methyl sites for hydroxylation is 1. The molecule has 0 saturated carbocycles. The van der Waals surface area contributed by atoms with E-state index < -0.39 is 0 Å². The summed E-state index contributed by atoms with van der Waals surface area (Å²) in [5, 5.41) is 0. The van der Waals surface area contributed by atoms with Gasteiger partial charge >= 0.3 is 0 Å². The first-order valence-corrected chi connectivity index (χ1v) is 10.3. The molecule has 0 aliphatic carbocycles. The third-order valence-corrected chi connectivity index (χ3v) is 6.02. The van der Waals surface area contributed by atoms with Gasteiger partial charge in [-0.3, -0.25) is 9.79 Å². The van der Waals surface area contributed by atoms with Crippen molar-refractivity contribution in [1.82, 2.24) is 4.57 Å². The second-order valence-corrected chi connectivity index (χ2v) is 7.79. The molecule has 27 heavy (non-hydrogen) atoms. The number of aliphatic imine (C=N–C) groups is 1. The monoisotopic (exact) mass is 371 g/mol. The SMILES string of the molecule is CCCC(CCC)N1C(=O)C(C2=CCC(OC)N=C2)Cc2c1cn(C)c2C. The number of carbonyl (C=O) groups is 1. The number of fused-ring (bicyclic) bond motifs is 1. The number of rotatable bonds is 7. The first-order valence-electron chi connectivity index (χ1n) is 10.3. The number of carbonyl (C=O) groups excluding carboxylic acids is 1. The predicted octanol–water partition coefficient (Wildman–Crippen LogP) is 4.18. The van der Waals surface area contributed by atoms with Crippen molar-refractivity contribution in [3.63, 3.8) is 0 Å². The molecule has 1 aromatic rings. The molecule has 1 aromatic heterocycles. The Labute approximate surface area is 163 Å². The molecule has 0 fully saturated rings. The minimum atomic E-state index is -0.142. The van der Waals surface area contributed by atoms with Gasteiger partial charge in [0.2, 0.25) is 5.91 Å². The number of nitrogens with zero attached hydrogens (tertiary/aromatic N) is 3. The second-order valence-electron chi connectivity index (χ2n) is 7.79. The molecule has 2 unspecified atom stereocenters. The maximum atomic E-state index is 13.6. The van der Waals surface area contributed by atoms with Crippen molar-refractivity contribution in [2.45, 2.75) is 71.6 Å². The Kier molecular flexibility index (Phi) is 6.20. The van der Waals surface area contributed by atoms with Crippen LogP contribution in [0.1, 0.15) is 57.2 Å². The van der Waals surface area contributed by atoms with E-state index in [0.29, 0.717) is 0 Å². The van der Waals surface area contributed by atoms with Crippen LogP contribution in [0.15, 0.2) is 22.8 Å². The average Bonchev–Trinajstić information content (AvgIpc) is 2.95. The molecule has 0 saturated heterocycles. The molecule has 0 N–H and O–H groups in total. The van der Waals surface area contributed by atoms with Gasteiger partial charge in [-0.15, -0.1) is 0 Å². The summed E-state index contributed by atoms with van der Waals surface area (Å²) in [6.07, 6.45) is 11.8. The number of dihydropyridines is 1. The number of methoxy groups -OCH3 is 1. The van der Waals surface area contributed by atoms with Crippen LogP contribution in [0, 0.1) is 12.8 Å². The molecule has 2 aliphatic heterocycles. The topological polar surface area (TPSA) is 46.8 Å². The van der Waals surface area contributed by atoms with Gasteiger partial charge in [0.25, 0.3) is 0 Å². The van der Waals surface area contributed by atoms with Crippen LogP contribution in [-0.4, -0.2) is 36.1 Å². The fraction of sp³-hybridized carbons (Fsp3) is 0.636. The largest absolute Gasteiger partial charge is 0.359 e. The average molecular weight is 372 g/mol. The van der Waals surface area contributed by atoms with Crippen LogP contribution in [0.2, 0.25) is 0 Å². The summed E-state index contributed by atoms with van der Waals surface area (Å²) < 4.78 is 7.47. The summed E-state index contributed by atoms with van der Waals surface area (Å²) in [6, 6.07) is 0.267. The maximum Gasteiger partial charge on any atom is 0.235 e. The number of aromatic nitrogens is 1. The van der Waals surface area contributed by atoms with Crippen LogP contribution in [0.4, 0.5) is 5.69 Å². The van der Waals surface area contributed by atoms with Gasteiger partial charge in [-0.25, -0.2) is 0 Å². The van der Waals surface area contributed by atoms with Gasteiger partial charge in [-0.1, -0.05) is 32.8 Å². The smallest absolute Gasteiger partial charge is 0.235 e. The lowest BCUT2D eigenvalue weighted by molar-refractivity contribution is -0.122. The molecule has 0 bridgehead atoms. The maximum absolute atomic E-state index is 13.6. The number of anilines is 1. The van der Waals surface area contributed by atoms with Gasteiger partial charge in [0.1, 0.15) is 0 Å². The lowest BCUT2D eigenvalue weighted by Crippen LogP contribution is -2.48. The van der Waals surface area contributed by atoms with E-state index in [2.05, 4.69) is 54.6 Å². The van der Waals surface area contributed by atoms with Crippen molar-refractivity contribution in [2.24, 2.45) is 18.0 Å². The van der Waals surface area contributed by atoms with E-state index in [-0.39, 0.29) is 24.1 Å². The third-order valence-electron chi connectivity index (χ3n) is 6.02. The lowest BCUT2D eigenvalue weighted by atomic mass is 9.84. The zero-order valence-electron chi connectivity index (χ0n) is 17.4. The Bertz CT molecular complexity index is 741. The summed E-state index contributed by atoms with van der Waals surface area (Å²) in [6.45, 7) is 6.56. The second kappa shape index (κ2) is 8.42. The van der Waals surface area contributed by atoms with Gasteiger partial charge in [0.15, 0.2) is 6.23 Å². The summed E-state index contributed by atoms with van der Waals surface area (Å²) >= 11 is 0. The fourth-order valence-electron chi connectivity index (χ4n) is 4.41. The molecule has 3 heterocycles. The van der Waals surface area contributed by atoms with Crippen molar-refractivity contribution >= 4 is 17.8 Å². The van der Waals surface area contributed by atoms with Gasteiger partial charge in [0, 0.05) is 44.7 Å². The molecule has 5 heteroatoms. The summed E-state index contributed by atoms with van der Waals surface area (Å²) in [5.41, 5.74) is 4.72. The highest BCUT2D eigenvalue weighted by Crippen LogP contribution is 2.39. The Morgan fingerprint density at radius 2 is 2.00 bits per heavy atom. The quantitative estimate of drug-likeness (QED) is 0.722. The molecule has 2 aliphatic rings. The van der Waals surface area contributed by atoms with Crippen molar-refractivity contribution < 1.29 is 9.53 Å². The van der Waals surface area contributed by atoms with Crippen LogP contribution in [0.5, 0.6) is 0 Å². The van der Waals surface area contributed by atoms with E-state index in [1.807, 2.05) is 6.21 Å². The van der Waals surface area contributed by atoms with E-state index in [1.54, 1.807) is 7.11 Å². The number of amides is 1. The molecular weight excluding hydrogens is 338 g/mol. The lowest BCUT2D eigenvalue weighted by Gasteiger charge is -2.39. The van der Waals surface area contributed by atoms with Crippen molar-refractivity contribution in [3.8, 4) is 0 Å². The van der Waals surface area contributed by atoms with Gasteiger partial charge in [0.05, 0.1) is 11.6 Å². The first kappa shape index (κ1) is 19.9. The van der Waals surface area contributed by atoms with Crippen LogP contribution >= 0.6 is 0 Å². The predicted molar refractivity (Wildman–Crippen MR) is 110 cm³/mol. The van der Waals surface area contributed by atoms with E-state index in [4.69, 9.17) is 4.74 Å². The molecule has 5 nitrogen and oxygen atoms in total. The Morgan fingerprint density at radius 1 is 1.30 bits per heavy atom. The summed E-state index contributed by atoms with van der Waals surface area (Å²) in [7, 11) is 3.75. The number of ether oxygens (including phenoxy) is 1. The minimum Gasteiger partial charge on any atom is -0.359 e. The van der Waals surface area contributed by atoms with E-state index in [9.17, 15) is 4.79 Å². The minimum absolute atomic E-state index is 0.120. The van der Waals surface area contributed by atoms with E-state index >= 15 is 0 Å². The highest BCUT2D eigenvalue weighted by molar-refractivity contribution is 6.04. The normalized spacial score (nSPS) is 22.4. The molecule has 0 spiro atoms. The van der Waals surface area contributed by atoms with Crippen LogP contribution in [0.25, 0.3) is 0 Å². The third kappa shape index (κ3) is 3.75. The highest BCUT2D eigenvalue weighted by atomic mass is 16.5. The fourth-order valence-corrected chi connectivity index (χ4v) is 4.41. The molecule has 148 valence electrons. The molecular formula is C22H33N3O2. The van der Waals surface area contributed by atoms with E-state index in [0.717, 1.165) is 49.8 Å². The molecule has 1 amide bonds. The Balaban J connectivity index is 2.00. The Morgan fingerprint density at radius 3 is 2.56 bits per heavy atom. The molecule has 0 radical (unpaired) electrons. The van der Waals surface area contributed by atoms with Crippen LogP contribution in [-0.2, 0) is 23.0 Å². The van der Waals surface area contributed by atoms with E-state index in [1.165, 1.54) is 11.3 Å². The zero-order chi connectivity index (χ0) is 19.6. The van der Waals surface area contributed by atoms with Gasteiger partial charge in [-0.2, -0.15) is 0 Å². The molecule has 3 rings (SSSR count). The van der Waals surface area contributed by atoms with Crippen LogP contribution in [0.3, 0.4) is 0 Å². The summed E-state index contributed by atoms with van der Waals surface area (Å²) in [5.74, 6) is 0.0879. The highest BCUT2D eigenvalue weighted by Gasteiger charge is 2.39. The van der Waals surface area contributed by atoms with Crippen LogP contribution < -0.4 is 4.90 Å². The zero-order valence-corrected chi connectivity index (χ0v) is 17.4. The summed E-state index contributed by atoms with van der Waals surface area (Å²) in [4.78, 5) is 20.2. The first-order chi connectivity index (χ1) is 13.0. The number of hydrogen-bond donors (Lipinski definition) is 0. The van der Waals surface area contributed by atoms with Crippen molar-refractivity contribution in [3.05, 3.63) is 29.1 Å². The van der Waals surface area contributed by atoms with Crippen molar-refractivity contribution in [1.29, 1.82) is 0 Å². The Hall–Kier alpha value is -1.88. The molecule has 0 aromatic carbocycles. The molecule has 2 atom stereocenters. The van der Waals surface area contributed by atoms with Crippen molar-refractivity contribution in [2.75, 3.05) is 12.0 Å². The van der Waals surface area contributed by atoms with Gasteiger partial charge < -0.3 is 14.2 Å².